The molecule has 0 saturated carbocycles. The van der Waals surface area contributed by atoms with E-state index in [1.165, 1.54) is 0 Å². The quantitative estimate of drug-likeness (QED) is 0.584. The lowest BCUT2D eigenvalue weighted by atomic mass is 10.2. The van der Waals surface area contributed by atoms with E-state index in [1.54, 1.807) is 0 Å². The molecule has 1 aromatic carbocycles. The highest BCUT2D eigenvalue weighted by Gasteiger charge is 2.15. The van der Waals surface area contributed by atoms with Crippen molar-refractivity contribution in [1.82, 2.24) is 4.90 Å². The first kappa shape index (κ1) is 16.6. The topological polar surface area (TPSA) is 66.8 Å². The van der Waals surface area contributed by atoms with Gasteiger partial charge in [0.2, 0.25) is 5.91 Å². The largest absolute Gasteiger partial charge is 0.493 e. The Balaban J connectivity index is 2.37. The molecule has 0 aromatic heterocycles. The number of rotatable bonds is 8. The summed E-state index contributed by atoms with van der Waals surface area (Å²) in [7, 11) is 0. The molecule has 0 aliphatic rings. The second-order valence-corrected chi connectivity index (χ2v) is 4.57. The van der Waals surface area contributed by atoms with Gasteiger partial charge in [-0.3, -0.25) is 9.59 Å². The lowest BCUT2D eigenvalue weighted by molar-refractivity contribution is -0.144. The fraction of sp³-hybridized carbons (Fsp3) is 0.375. The first-order valence-corrected chi connectivity index (χ1v) is 6.66. The van der Waals surface area contributed by atoms with E-state index in [9.17, 15) is 9.59 Å². The molecule has 112 valence electrons. The van der Waals surface area contributed by atoms with E-state index in [1.807, 2.05) is 31.2 Å². The van der Waals surface area contributed by atoms with Crippen LogP contribution in [0.3, 0.4) is 0 Å². The van der Waals surface area contributed by atoms with Crippen molar-refractivity contribution >= 4 is 11.9 Å². The van der Waals surface area contributed by atoms with Crippen molar-refractivity contribution in [2.45, 2.75) is 19.8 Å². The number of aryl methyl sites for hydroxylation is 1. The van der Waals surface area contributed by atoms with Gasteiger partial charge in [-0.1, -0.05) is 24.1 Å². The lowest BCUT2D eigenvalue weighted by Gasteiger charge is -2.17. The van der Waals surface area contributed by atoms with Crippen LogP contribution >= 0.6 is 0 Å². The number of carboxylic acids is 1. The number of carboxylic acid groups (broad SMARTS) is 1. The zero-order chi connectivity index (χ0) is 15.7. The third-order valence-corrected chi connectivity index (χ3v) is 2.85. The van der Waals surface area contributed by atoms with Crippen LogP contribution in [0.4, 0.5) is 0 Å². The number of amides is 1. The number of benzene rings is 1. The van der Waals surface area contributed by atoms with Crippen molar-refractivity contribution < 1.29 is 19.4 Å². The van der Waals surface area contributed by atoms with Gasteiger partial charge in [-0.2, -0.15) is 0 Å². The van der Waals surface area contributed by atoms with Gasteiger partial charge in [0, 0.05) is 6.42 Å². The van der Waals surface area contributed by atoms with Crippen LogP contribution in [0.1, 0.15) is 18.4 Å². The van der Waals surface area contributed by atoms with Gasteiger partial charge in [0.05, 0.1) is 13.2 Å². The van der Waals surface area contributed by atoms with Crippen LogP contribution < -0.4 is 4.74 Å². The van der Waals surface area contributed by atoms with Crippen molar-refractivity contribution in [2.24, 2.45) is 0 Å². The minimum absolute atomic E-state index is 0.00375. The van der Waals surface area contributed by atoms with Crippen LogP contribution in [0.15, 0.2) is 24.3 Å². The van der Waals surface area contributed by atoms with E-state index in [0.29, 0.717) is 13.0 Å². The van der Waals surface area contributed by atoms with Gasteiger partial charge in [-0.25, -0.2) is 0 Å². The number of hydrogen-bond donors (Lipinski definition) is 1. The van der Waals surface area contributed by atoms with E-state index in [0.717, 1.165) is 16.2 Å². The number of hydrogen-bond acceptors (Lipinski definition) is 3. The average molecular weight is 289 g/mol. The summed E-state index contributed by atoms with van der Waals surface area (Å²) < 4.78 is 5.58. The van der Waals surface area contributed by atoms with Crippen molar-refractivity contribution in [1.29, 1.82) is 0 Å². The summed E-state index contributed by atoms with van der Waals surface area (Å²) >= 11 is 0. The number of carbonyl (C=O) groups excluding carboxylic acids is 1. The fourth-order valence-electron chi connectivity index (χ4n) is 1.79. The summed E-state index contributed by atoms with van der Waals surface area (Å²) in [6, 6.07) is 7.62. The molecule has 5 heteroatoms. The van der Waals surface area contributed by atoms with Crippen LogP contribution in [0.5, 0.6) is 5.75 Å². The minimum Gasteiger partial charge on any atom is -0.493 e. The van der Waals surface area contributed by atoms with Gasteiger partial charge in [0.15, 0.2) is 0 Å². The molecule has 0 aliphatic carbocycles. The molecule has 1 amide bonds. The molecule has 0 saturated heterocycles. The third-order valence-electron chi connectivity index (χ3n) is 2.85. The Kier molecular flexibility index (Phi) is 6.82. The van der Waals surface area contributed by atoms with E-state index in [2.05, 4.69) is 5.92 Å². The molecule has 5 nitrogen and oxygen atoms in total. The predicted octanol–water partition coefficient (Wildman–Crippen LogP) is 1.70. The van der Waals surface area contributed by atoms with Crippen molar-refractivity contribution in [2.75, 3.05) is 19.7 Å². The molecule has 0 aliphatic heterocycles. The summed E-state index contributed by atoms with van der Waals surface area (Å²) in [5.74, 6) is 1.73. The SMILES string of the molecule is C#CCN(CC(=O)O)C(=O)CCCOc1ccccc1C. The summed E-state index contributed by atoms with van der Waals surface area (Å²) in [4.78, 5) is 23.7. The summed E-state index contributed by atoms with van der Waals surface area (Å²) in [5.41, 5.74) is 1.03. The number of nitrogens with zero attached hydrogens (tertiary/aromatic N) is 1. The van der Waals surface area contributed by atoms with Crippen molar-refractivity contribution in [3.05, 3.63) is 29.8 Å². The maximum absolute atomic E-state index is 11.9. The number of terminal acetylenes is 1. The Morgan fingerprint density at radius 1 is 1.38 bits per heavy atom. The molecule has 1 aromatic rings. The van der Waals surface area contributed by atoms with Crippen LogP contribution in [0.25, 0.3) is 0 Å². The van der Waals surface area contributed by atoms with Gasteiger partial charge >= 0.3 is 5.97 Å². The zero-order valence-electron chi connectivity index (χ0n) is 12.0. The summed E-state index contributed by atoms with van der Waals surface area (Å²) in [5, 5.41) is 8.72. The molecule has 0 bridgehead atoms. The van der Waals surface area contributed by atoms with Crippen molar-refractivity contribution in [3.8, 4) is 18.1 Å². The number of aliphatic carboxylic acids is 1. The Hall–Kier alpha value is -2.48. The first-order valence-electron chi connectivity index (χ1n) is 6.66. The molecule has 1 N–H and O–H groups in total. The standard InChI is InChI=1S/C16H19NO4/c1-3-10-17(12-16(19)20)15(18)9-6-11-21-14-8-5-4-7-13(14)2/h1,4-5,7-8H,6,9-12H2,2H3,(H,19,20). The molecule has 0 heterocycles. The van der Waals surface area contributed by atoms with Crippen LogP contribution in [-0.4, -0.2) is 41.6 Å². The lowest BCUT2D eigenvalue weighted by Crippen LogP contribution is -2.36. The maximum Gasteiger partial charge on any atom is 0.323 e. The molecule has 0 spiro atoms. The van der Waals surface area contributed by atoms with Gasteiger partial charge < -0.3 is 14.7 Å². The van der Waals surface area contributed by atoms with E-state index >= 15 is 0 Å². The Morgan fingerprint density at radius 2 is 2.10 bits per heavy atom. The second kappa shape index (κ2) is 8.64. The van der Waals surface area contributed by atoms with Gasteiger partial charge in [-0.15, -0.1) is 6.42 Å². The number of para-hydroxylation sites is 1. The molecular formula is C16H19NO4. The highest BCUT2D eigenvalue weighted by Crippen LogP contribution is 2.16. The van der Waals surface area contributed by atoms with Gasteiger partial charge in [0.1, 0.15) is 12.3 Å². The van der Waals surface area contributed by atoms with Crippen LogP contribution in [0.2, 0.25) is 0 Å². The summed E-state index contributed by atoms with van der Waals surface area (Å²) in [6.45, 7) is 1.97. The van der Waals surface area contributed by atoms with Crippen molar-refractivity contribution in [3.63, 3.8) is 0 Å². The smallest absolute Gasteiger partial charge is 0.323 e. The normalized spacial score (nSPS) is 9.71. The number of carbonyl (C=O) groups is 2. The van der Waals surface area contributed by atoms with Gasteiger partial charge in [-0.05, 0) is 25.0 Å². The molecule has 0 fully saturated rings. The molecule has 0 unspecified atom stereocenters. The average Bonchev–Trinajstić information content (AvgIpc) is 2.44. The monoisotopic (exact) mass is 289 g/mol. The maximum atomic E-state index is 11.9. The van der Waals surface area contributed by atoms with Crippen LogP contribution in [-0.2, 0) is 9.59 Å². The molecule has 0 atom stereocenters. The highest BCUT2D eigenvalue weighted by molar-refractivity contribution is 5.81. The van der Waals surface area contributed by atoms with E-state index in [-0.39, 0.29) is 25.4 Å². The highest BCUT2D eigenvalue weighted by atomic mass is 16.5. The third kappa shape index (κ3) is 6.00. The Morgan fingerprint density at radius 3 is 2.71 bits per heavy atom. The molecule has 21 heavy (non-hydrogen) atoms. The van der Waals surface area contributed by atoms with Gasteiger partial charge in [0.25, 0.3) is 0 Å². The number of ether oxygens (including phenoxy) is 1. The second-order valence-electron chi connectivity index (χ2n) is 4.57. The Bertz CT molecular complexity index is 533. The zero-order valence-corrected chi connectivity index (χ0v) is 12.0. The molecule has 0 radical (unpaired) electrons. The summed E-state index contributed by atoms with van der Waals surface area (Å²) in [6.07, 6.45) is 5.85. The first-order chi connectivity index (χ1) is 10.0. The molecule has 1 rings (SSSR count). The van der Waals surface area contributed by atoms with E-state index < -0.39 is 5.97 Å². The molecular weight excluding hydrogens is 270 g/mol. The van der Waals surface area contributed by atoms with E-state index in [4.69, 9.17) is 16.3 Å². The minimum atomic E-state index is -1.07. The fourth-order valence-corrected chi connectivity index (χ4v) is 1.79. The van der Waals surface area contributed by atoms with Crippen LogP contribution in [0, 0.1) is 19.3 Å². The predicted molar refractivity (Wildman–Crippen MR) is 79.0 cm³/mol. The Labute approximate surface area is 124 Å².